The maximum absolute atomic E-state index is 12.5. The molecular weight excluding hydrogens is 280 g/mol. The van der Waals surface area contributed by atoms with Crippen LogP contribution in [0.5, 0.6) is 0 Å². The fraction of sp³-hybridized carbons (Fsp3) is 0.353. The van der Waals surface area contributed by atoms with E-state index < -0.39 is 0 Å². The Balaban J connectivity index is 1.68. The number of benzene rings is 1. The van der Waals surface area contributed by atoms with Crippen LogP contribution in [-0.2, 0) is 19.4 Å². The second-order valence-electron chi connectivity index (χ2n) is 5.43. The number of aryl methyl sites for hydroxylation is 1. The smallest absolute Gasteiger partial charge is 0.322 e. The summed E-state index contributed by atoms with van der Waals surface area (Å²) in [4.78, 5) is 16.9. The van der Waals surface area contributed by atoms with Crippen molar-refractivity contribution in [2.24, 2.45) is 0 Å². The maximum atomic E-state index is 12.5. The average molecular weight is 300 g/mol. The minimum Gasteiger partial charge on any atom is -0.333 e. The Morgan fingerprint density at radius 1 is 1.29 bits per heavy atom. The molecule has 0 spiro atoms. The van der Waals surface area contributed by atoms with Gasteiger partial charge in [-0.25, -0.2) is 4.79 Å². The molecule has 2 heterocycles. The number of amides is 2. The lowest BCUT2D eigenvalue weighted by atomic mass is 10.1. The van der Waals surface area contributed by atoms with Crippen molar-refractivity contribution in [2.75, 3.05) is 4.90 Å². The van der Waals surface area contributed by atoms with Crippen molar-refractivity contribution in [3.05, 3.63) is 51.7 Å². The zero-order valence-electron chi connectivity index (χ0n) is 12.4. The van der Waals surface area contributed by atoms with Crippen LogP contribution in [-0.4, -0.2) is 12.1 Å². The van der Waals surface area contributed by atoms with Gasteiger partial charge in [-0.15, -0.1) is 11.3 Å². The molecule has 21 heavy (non-hydrogen) atoms. The number of hydrogen-bond acceptors (Lipinski definition) is 2. The van der Waals surface area contributed by atoms with E-state index in [0.717, 1.165) is 18.5 Å². The molecule has 0 fully saturated rings. The normalized spacial score (nSPS) is 16.9. The van der Waals surface area contributed by atoms with E-state index in [9.17, 15) is 4.79 Å². The number of nitrogens with zero attached hydrogens (tertiary/aromatic N) is 1. The molecular formula is C17H20N2OS. The first-order valence-corrected chi connectivity index (χ1v) is 8.23. The maximum Gasteiger partial charge on any atom is 0.322 e. The van der Waals surface area contributed by atoms with E-state index in [1.165, 1.54) is 15.3 Å². The van der Waals surface area contributed by atoms with Gasteiger partial charge in [-0.1, -0.05) is 25.1 Å². The van der Waals surface area contributed by atoms with Gasteiger partial charge in [0.1, 0.15) is 0 Å². The summed E-state index contributed by atoms with van der Waals surface area (Å²) in [5.74, 6) is 0. The van der Waals surface area contributed by atoms with Gasteiger partial charge in [-0.05, 0) is 43.5 Å². The number of thiophene rings is 1. The molecule has 4 heteroatoms. The second-order valence-corrected chi connectivity index (χ2v) is 6.69. The highest BCUT2D eigenvalue weighted by Gasteiger charge is 2.30. The first-order valence-electron chi connectivity index (χ1n) is 7.41. The van der Waals surface area contributed by atoms with Crippen LogP contribution in [0.15, 0.2) is 36.4 Å². The summed E-state index contributed by atoms with van der Waals surface area (Å²) in [7, 11) is 0. The van der Waals surface area contributed by atoms with Crippen molar-refractivity contribution in [1.82, 2.24) is 5.32 Å². The van der Waals surface area contributed by atoms with E-state index in [-0.39, 0.29) is 12.1 Å². The molecule has 1 atom stereocenters. The molecule has 2 aromatic rings. The number of nitrogens with one attached hydrogen (secondary N) is 1. The summed E-state index contributed by atoms with van der Waals surface area (Å²) < 4.78 is 0. The standard InChI is InChI=1S/C17H20N2OS/c1-3-14-8-9-15(21-14)11-18-17(20)19-12(2)10-13-6-4-5-7-16(13)19/h4-9,12H,3,10-11H2,1-2H3,(H,18,20). The third-order valence-corrected chi connectivity index (χ3v) is 5.14. The minimum absolute atomic E-state index is 0.00102. The summed E-state index contributed by atoms with van der Waals surface area (Å²) in [6.45, 7) is 4.85. The largest absolute Gasteiger partial charge is 0.333 e. The molecule has 1 aromatic heterocycles. The molecule has 1 aliphatic heterocycles. The van der Waals surface area contributed by atoms with Gasteiger partial charge in [0.2, 0.25) is 0 Å². The zero-order chi connectivity index (χ0) is 14.8. The highest BCUT2D eigenvalue weighted by atomic mass is 32.1. The Bertz CT molecular complexity index is 650. The Hall–Kier alpha value is -1.81. The molecule has 3 rings (SSSR count). The van der Waals surface area contributed by atoms with E-state index in [1.54, 1.807) is 11.3 Å². The van der Waals surface area contributed by atoms with Crippen LogP contribution in [0.1, 0.15) is 29.2 Å². The molecule has 3 nitrogen and oxygen atoms in total. The monoisotopic (exact) mass is 300 g/mol. The summed E-state index contributed by atoms with van der Waals surface area (Å²) in [5, 5.41) is 3.05. The Kier molecular flexibility index (Phi) is 3.97. The van der Waals surface area contributed by atoms with Crippen LogP contribution in [0.4, 0.5) is 10.5 Å². The molecule has 0 bridgehead atoms. The van der Waals surface area contributed by atoms with Crippen molar-refractivity contribution < 1.29 is 4.79 Å². The number of rotatable bonds is 3. The van der Waals surface area contributed by atoms with Gasteiger partial charge in [-0.3, -0.25) is 4.90 Å². The third kappa shape index (κ3) is 2.81. The van der Waals surface area contributed by atoms with Gasteiger partial charge in [0.15, 0.2) is 0 Å². The number of para-hydroxylation sites is 1. The molecule has 110 valence electrons. The quantitative estimate of drug-likeness (QED) is 0.914. The van der Waals surface area contributed by atoms with Crippen LogP contribution >= 0.6 is 11.3 Å². The second kappa shape index (κ2) is 5.90. The average Bonchev–Trinajstić information content (AvgIpc) is 3.07. The van der Waals surface area contributed by atoms with Crippen molar-refractivity contribution in [3.8, 4) is 0 Å². The van der Waals surface area contributed by atoms with Gasteiger partial charge in [-0.2, -0.15) is 0 Å². The number of carbonyl (C=O) groups is 1. The molecule has 1 aliphatic rings. The topological polar surface area (TPSA) is 32.3 Å². The van der Waals surface area contributed by atoms with E-state index >= 15 is 0 Å². The predicted octanol–water partition coefficient (Wildman–Crippen LogP) is 3.97. The number of hydrogen-bond donors (Lipinski definition) is 1. The molecule has 0 saturated heterocycles. The van der Waals surface area contributed by atoms with Crippen LogP contribution in [0.2, 0.25) is 0 Å². The van der Waals surface area contributed by atoms with Gasteiger partial charge >= 0.3 is 6.03 Å². The SMILES string of the molecule is CCc1ccc(CNC(=O)N2c3ccccc3CC2C)s1. The lowest BCUT2D eigenvalue weighted by molar-refractivity contribution is 0.245. The summed E-state index contributed by atoms with van der Waals surface area (Å²) in [6.07, 6.45) is 1.98. The van der Waals surface area contributed by atoms with Crippen molar-refractivity contribution in [3.63, 3.8) is 0 Å². The van der Waals surface area contributed by atoms with E-state index in [1.807, 2.05) is 23.1 Å². The molecule has 0 radical (unpaired) electrons. The van der Waals surface area contributed by atoms with E-state index in [0.29, 0.717) is 6.54 Å². The first kappa shape index (κ1) is 14.1. The van der Waals surface area contributed by atoms with Crippen molar-refractivity contribution in [2.45, 2.75) is 39.3 Å². The predicted molar refractivity (Wildman–Crippen MR) is 88.0 cm³/mol. The number of urea groups is 1. The van der Waals surface area contributed by atoms with Crippen LogP contribution in [0.3, 0.4) is 0 Å². The minimum atomic E-state index is -0.00102. The summed E-state index contributed by atoms with van der Waals surface area (Å²) in [6, 6.07) is 12.6. The Labute approximate surface area is 129 Å². The molecule has 2 amide bonds. The molecule has 0 saturated carbocycles. The lowest BCUT2D eigenvalue weighted by Crippen LogP contribution is -2.42. The highest BCUT2D eigenvalue weighted by molar-refractivity contribution is 7.11. The van der Waals surface area contributed by atoms with Gasteiger partial charge < -0.3 is 5.32 Å². The third-order valence-electron chi connectivity index (χ3n) is 3.91. The molecule has 0 aliphatic carbocycles. The zero-order valence-corrected chi connectivity index (χ0v) is 13.2. The van der Waals surface area contributed by atoms with Gasteiger partial charge in [0, 0.05) is 21.5 Å². The number of carbonyl (C=O) groups excluding carboxylic acids is 1. The fourth-order valence-electron chi connectivity index (χ4n) is 2.83. The van der Waals surface area contributed by atoms with E-state index in [4.69, 9.17) is 0 Å². The van der Waals surface area contributed by atoms with Gasteiger partial charge in [0.05, 0.1) is 6.54 Å². The highest BCUT2D eigenvalue weighted by Crippen LogP contribution is 2.31. The number of anilines is 1. The summed E-state index contributed by atoms with van der Waals surface area (Å²) >= 11 is 1.77. The van der Waals surface area contributed by atoms with E-state index in [2.05, 4.69) is 37.4 Å². The number of fused-ring (bicyclic) bond motifs is 1. The van der Waals surface area contributed by atoms with Crippen molar-refractivity contribution in [1.29, 1.82) is 0 Å². The molecule has 1 N–H and O–H groups in total. The Morgan fingerprint density at radius 2 is 2.05 bits per heavy atom. The van der Waals surface area contributed by atoms with Crippen LogP contribution in [0, 0.1) is 0 Å². The lowest BCUT2D eigenvalue weighted by Gasteiger charge is -2.22. The van der Waals surface area contributed by atoms with Gasteiger partial charge in [0.25, 0.3) is 0 Å². The summed E-state index contributed by atoms with van der Waals surface area (Å²) in [5.41, 5.74) is 2.30. The molecule has 1 aromatic carbocycles. The van der Waals surface area contributed by atoms with Crippen LogP contribution < -0.4 is 10.2 Å². The van der Waals surface area contributed by atoms with Crippen molar-refractivity contribution >= 4 is 23.1 Å². The molecule has 1 unspecified atom stereocenters. The Morgan fingerprint density at radius 3 is 2.81 bits per heavy atom. The van der Waals surface area contributed by atoms with Crippen LogP contribution in [0.25, 0.3) is 0 Å². The first-order chi connectivity index (χ1) is 10.2. The fourth-order valence-corrected chi connectivity index (χ4v) is 3.73.